The molecule has 4 aromatic rings. The first-order valence-electron chi connectivity index (χ1n) is 17.1. The number of aryl methyl sites for hydroxylation is 1. The van der Waals surface area contributed by atoms with E-state index in [0.717, 1.165) is 78.0 Å². The zero-order valence-corrected chi connectivity index (χ0v) is 28.1. The Bertz CT molecular complexity index is 2000. The molecule has 0 saturated carbocycles. The molecule has 2 aromatic heterocycles. The van der Waals surface area contributed by atoms with Gasteiger partial charge in [0.1, 0.15) is 11.7 Å². The summed E-state index contributed by atoms with van der Waals surface area (Å²) < 4.78 is 0. The Balaban J connectivity index is 0.879. The molecule has 2 aromatic carbocycles. The summed E-state index contributed by atoms with van der Waals surface area (Å²) in [6, 6.07) is 13.4. The number of halogens is 1. The van der Waals surface area contributed by atoms with Gasteiger partial charge >= 0.3 is 6.03 Å². The normalized spacial score (nSPS) is 20.3. The molecule has 4 aliphatic rings. The number of carbonyl (C=O) groups excluding carboxylic acids is 4. The fraction of sp³-hybridized carbons (Fsp3) is 0.378. The number of H-pyrrole nitrogens is 1. The van der Waals surface area contributed by atoms with Crippen molar-refractivity contribution in [1.82, 2.24) is 30.0 Å². The summed E-state index contributed by atoms with van der Waals surface area (Å²) in [5, 5.41) is 3.98. The van der Waals surface area contributed by atoms with Crippen molar-refractivity contribution in [2.75, 3.05) is 44.2 Å². The van der Waals surface area contributed by atoms with E-state index in [1.165, 1.54) is 5.56 Å². The fourth-order valence-electron chi connectivity index (χ4n) is 7.74. The molecule has 4 aliphatic heterocycles. The van der Waals surface area contributed by atoms with Crippen LogP contribution >= 0.6 is 11.6 Å². The number of amides is 5. The molecule has 11 nitrogen and oxygen atoms in total. The van der Waals surface area contributed by atoms with Gasteiger partial charge in [-0.2, -0.15) is 0 Å². The summed E-state index contributed by atoms with van der Waals surface area (Å²) in [5.41, 5.74) is 7.28. The van der Waals surface area contributed by atoms with Gasteiger partial charge in [-0.3, -0.25) is 24.6 Å². The largest absolute Gasteiger partial charge is 0.346 e. The van der Waals surface area contributed by atoms with Crippen molar-refractivity contribution in [1.29, 1.82) is 0 Å². The van der Waals surface area contributed by atoms with Crippen LogP contribution in [-0.2, 0) is 22.6 Å². The third-order valence-electron chi connectivity index (χ3n) is 10.5. The molecule has 1 atom stereocenters. The van der Waals surface area contributed by atoms with Crippen LogP contribution in [0.2, 0.25) is 5.02 Å². The minimum Gasteiger partial charge on any atom is -0.346 e. The van der Waals surface area contributed by atoms with Crippen LogP contribution in [0.1, 0.15) is 59.2 Å². The Morgan fingerprint density at radius 3 is 2.67 bits per heavy atom. The molecule has 3 fully saturated rings. The van der Waals surface area contributed by atoms with Crippen LogP contribution < -0.4 is 10.2 Å². The number of nitrogens with one attached hydrogen (secondary N) is 2. The lowest BCUT2D eigenvalue weighted by Crippen LogP contribution is -2.53. The fourth-order valence-corrected chi connectivity index (χ4v) is 8.11. The van der Waals surface area contributed by atoms with Gasteiger partial charge in [0.05, 0.1) is 5.02 Å². The van der Waals surface area contributed by atoms with Crippen molar-refractivity contribution in [3.05, 3.63) is 82.1 Å². The molecule has 12 heteroatoms. The van der Waals surface area contributed by atoms with Crippen LogP contribution in [0.4, 0.5) is 10.5 Å². The van der Waals surface area contributed by atoms with Crippen LogP contribution in [-0.4, -0.2) is 93.7 Å². The molecular weight excluding hydrogens is 642 g/mol. The number of nitrogens with zero attached hydrogens (tertiary/aromatic N) is 5. The van der Waals surface area contributed by atoms with Gasteiger partial charge in [-0.15, -0.1) is 0 Å². The molecule has 0 aliphatic carbocycles. The molecule has 6 heterocycles. The topological polar surface area (TPSA) is 122 Å². The summed E-state index contributed by atoms with van der Waals surface area (Å²) in [7, 11) is 0. The van der Waals surface area contributed by atoms with Crippen molar-refractivity contribution in [2.24, 2.45) is 0 Å². The number of rotatable bonds is 8. The number of likely N-dealkylation sites (tertiary alicyclic amines) is 1. The predicted molar refractivity (Wildman–Crippen MR) is 187 cm³/mol. The van der Waals surface area contributed by atoms with Crippen LogP contribution in [0.25, 0.3) is 22.2 Å². The Morgan fingerprint density at radius 2 is 1.86 bits per heavy atom. The van der Waals surface area contributed by atoms with Crippen molar-refractivity contribution in [2.45, 2.75) is 51.1 Å². The number of piperidine rings is 1. The second kappa shape index (κ2) is 12.6. The van der Waals surface area contributed by atoms with Gasteiger partial charge in [-0.05, 0) is 59.7 Å². The zero-order valence-electron chi connectivity index (χ0n) is 27.4. The van der Waals surface area contributed by atoms with E-state index in [0.29, 0.717) is 42.6 Å². The summed E-state index contributed by atoms with van der Waals surface area (Å²) >= 11 is 6.91. The smallest absolute Gasteiger partial charge is 0.324 e. The molecule has 3 saturated heterocycles. The lowest BCUT2D eigenvalue weighted by Gasteiger charge is -2.42. The van der Waals surface area contributed by atoms with E-state index >= 15 is 0 Å². The molecule has 2 N–H and O–H groups in total. The highest BCUT2D eigenvalue weighted by atomic mass is 35.5. The minimum absolute atomic E-state index is 0.0166. The molecule has 0 radical (unpaired) electrons. The third kappa shape index (κ3) is 5.64. The lowest BCUT2D eigenvalue weighted by atomic mass is 9.89. The maximum absolute atomic E-state index is 13.7. The Hall–Kier alpha value is -4.74. The van der Waals surface area contributed by atoms with E-state index in [1.807, 2.05) is 52.4 Å². The number of aromatic nitrogens is 2. The predicted octanol–water partition coefficient (Wildman–Crippen LogP) is 4.94. The van der Waals surface area contributed by atoms with Crippen LogP contribution in [0.3, 0.4) is 0 Å². The highest BCUT2D eigenvalue weighted by molar-refractivity contribution is 6.38. The Labute approximate surface area is 289 Å². The zero-order chi connectivity index (χ0) is 33.8. The van der Waals surface area contributed by atoms with Gasteiger partial charge < -0.3 is 19.7 Å². The molecular formula is C37H38ClN7O4. The third-order valence-corrected chi connectivity index (χ3v) is 10.9. The number of anilines is 1. The highest BCUT2D eigenvalue weighted by Crippen LogP contribution is 2.37. The van der Waals surface area contributed by atoms with Gasteiger partial charge in [-0.1, -0.05) is 42.8 Å². The monoisotopic (exact) mass is 679 g/mol. The van der Waals surface area contributed by atoms with Crippen molar-refractivity contribution in [3.63, 3.8) is 0 Å². The second-order valence-electron chi connectivity index (χ2n) is 13.5. The number of urea groups is 1. The summed E-state index contributed by atoms with van der Waals surface area (Å²) in [4.78, 5) is 66.3. The van der Waals surface area contributed by atoms with E-state index < -0.39 is 11.9 Å². The van der Waals surface area contributed by atoms with Gasteiger partial charge in [0.15, 0.2) is 0 Å². The number of aromatic amines is 1. The first-order valence-corrected chi connectivity index (χ1v) is 17.5. The molecule has 8 rings (SSSR count). The Kier molecular flexibility index (Phi) is 8.12. The van der Waals surface area contributed by atoms with E-state index in [9.17, 15) is 19.2 Å². The van der Waals surface area contributed by atoms with Crippen LogP contribution in [0, 0.1) is 0 Å². The summed E-state index contributed by atoms with van der Waals surface area (Å²) in [6.07, 6.45) is 6.09. The number of carbonyl (C=O) groups is 4. The SMILES string of the molecule is CCc1c[nH]c2ncc(-c3cccc(N4CCCN(CCN5CC(c6ccc7c(c6)CN(C6CCC(=O)NC6=O)C7=O)C5)C4=O)c3)c(Cl)c12. The van der Waals surface area contributed by atoms with Crippen LogP contribution in [0.15, 0.2) is 54.9 Å². The Morgan fingerprint density at radius 1 is 1.00 bits per heavy atom. The highest BCUT2D eigenvalue weighted by Gasteiger charge is 2.40. The lowest BCUT2D eigenvalue weighted by molar-refractivity contribution is -0.136. The van der Waals surface area contributed by atoms with Gasteiger partial charge in [0, 0.05) is 92.7 Å². The van der Waals surface area contributed by atoms with E-state index in [1.54, 1.807) is 11.1 Å². The maximum Gasteiger partial charge on any atom is 0.324 e. The average Bonchev–Trinajstić information content (AvgIpc) is 3.66. The summed E-state index contributed by atoms with van der Waals surface area (Å²) in [5.74, 6) is -0.482. The van der Waals surface area contributed by atoms with Crippen LogP contribution in [0.5, 0.6) is 0 Å². The maximum atomic E-state index is 13.7. The molecule has 1 unspecified atom stereocenters. The van der Waals surface area contributed by atoms with Gasteiger partial charge in [0.25, 0.3) is 5.91 Å². The molecule has 0 bridgehead atoms. The summed E-state index contributed by atoms with van der Waals surface area (Å²) in [6.45, 7) is 7.09. The van der Waals surface area contributed by atoms with E-state index in [2.05, 4.69) is 33.2 Å². The number of benzene rings is 2. The van der Waals surface area contributed by atoms with Crippen molar-refractivity contribution in [3.8, 4) is 11.1 Å². The molecule has 0 spiro atoms. The number of imide groups is 1. The van der Waals surface area contributed by atoms with Gasteiger partial charge in [0.2, 0.25) is 11.8 Å². The number of pyridine rings is 1. The average molecular weight is 680 g/mol. The first-order chi connectivity index (χ1) is 23.8. The van der Waals surface area contributed by atoms with E-state index in [-0.39, 0.29) is 24.3 Å². The number of hydrogen-bond donors (Lipinski definition) is 2. The molecule has 5 amide bonds. The number of fused-ring (bicyclic) bond motifs is 2. The standard InChI is InChI=1S/C37H38ClN7O4/c1-2-22-17-39-34-32(22)33(38)29(18-40-34)24-5-3-6-27(16-24)44-12-4-11-43(37(44)49)14-13-42-19-26(20-42)23-7-8-28-25(15-23)21-45(36(28)48)30-9-10-31(46)41-35(30)47/h3,5-8,15-18,26,30H,2,4,9-14,19-21H2,1H3,(H,39,40)(H,41,46,47). The van der Waals surface area contributed by atoms with E-state index in [4.69, 9.17) is 11.6 Å². The number of hydrogen-bond acceptors (Lipinski definition) is 6. The first kappa shape index (κ1) is 31.5. The van der Waals surface area contributed by atoms with Crippen molar-refractivity contribution >= 4 is 52.1 Å². The molecule has 252 valence electrons. The van der Waals surface area contributed by atoms with Gasteiger partial charge in [-0.25, -0.2) is 9.78 Å². The second-order valence-corrected chi connectivity index (χ2v) is 13.9. The minimum atomic E-state index is -0.609. The van der Waals surface area contributed by atoms with Crippen molar-refractivity contribution < 1.29 is 19.2 Å². The molecule has 49 heavy (non-hydrogen) atoms. The quantitative estimate of drug-likeness (QED) is 0.255.